The van der Waals surface area contributed by atoms with Gasteiger partial charge in [0.1, 0.15) is 23.7 Å². The third-order valence-electron chi connectivity index (χ3n) is 6.85. The quantitative estimate of drug-likeness (QED) is 0.429. The van der Waals surface area contributed by atoms with Crippen LogP contribution < -0.4 is 15.0 Å². The first-order chi connectivity index (χ1) is 18.2. The SMILES string of the molecule is CCC(C)(C(=O)Nc1ccc(OC)cc1)N(Cc1ccc(F)cc1)C(=O)CN1C(=O)C(=O)c2ccccc21. The lowest BCUT2D eigenvalue weighted by Crippen LogP contribution is -2.58. The summed E-state index contributed by atoms with van der Waals surface area (Å²) in [6.45, 7) is 2.96. The van der Waals surface area contributed by atoms with Crippen molar-refractivity contribution in [2.24, 2.45) is 0 Å². The van der Waals surface area contributed by atoms with Crippen molar-refractivity contribution in [3.8, 4) is 5.75 Å². The van der Waals surface area contributed by atoms with E-state index in [1.807, 2.05) is 0 Å². The van der Waals surface area contributed by atoms with Gasteiger partial charge in [0.2, 0.25) is 11.8 Å². The average molecular weight is 518 g/mol. The van der Waals surface area contributed by atoms with Crippen molar-refractivity contribution >= 4 is 34.9 Å². The van der Waals surface area contributed by atoms with Crippen LogP contribution in [0.1, 0.15) is 36.2 Å². The first-order valence-electron chi connectivity index (χ1n) is 12.1. The number of ketones is 1. The lowest BCUT2D eigenvalue weighted by Gasteiger charge is -2.40. The van der Waals surface area contributed by atoms with E-state index in [4.69, 9.17) is 4.74 Å². The number of halogens is 1. The smallest absolute Gasteiger partial charge is 0.299 e. The maximum atomic E-state index is 13.8. The highest BCUT2D eigenvalue weighted by atomic mass is 19.1. The van der Waals surface area contributed by atoms with Gasteiger partial charge in [-0.05, 0) is 67.4 Å². The van der Waals surface area contributed by atoms with Gasteiger partial charge in [-0.2, -0.15) is 0 Å². The summed E-state index contributed by atoms with van der Waals surface area (Å²) in [5.41, 5.74) is 0.335. The summed E-state index contributed by atoms with van der Waals surface area (Å²) in [5, 5.41) is 2.86. The molecule has 8 nitrogen and oxygen atoms in total. The van der Waals surface area contributed by atoms with E-state index in [0.717, 1.165) is 4.90 Å². The van der Waals surface area contributed by atoms with Gasteiger partial charge in [0.25, 0.3) is 11.7 Å². The number of hydrogen-bond acceptors (Lipinski definition) is 5. The van der Waals surface area contributed by atoms with Gasteiger partial charge in [-0.15, -0.1) is 0 Å². The number of nitrogens with one attached hydrogen (secondary N) is 1. The molecular weight excluding hydrogens is 489 g/mol. The fourth-order valence-corrected chi connectivity index (χ4v) is 4.35. The predicted molar refractivity (Wildman–Crippen MR) is 140 cm³/mol. The molecule has 0 bridgehead atoms. The van der Waals surface area contributed by atoms with Crippen LogP contribution in [0.25, 0.3) is 0 Å². The second-order valence-electron chi connectivity index (χ2n) is 9.15. The molecule has 3 amide bonds. The molecule has 1 N–H and O–H groups in total. The standard InChI is InChI=1S/C29H28FN3O5/c1-4-29(2,28(37)31-21-13-15-22(38-3)16-14-21)33(17-19-9-11-20(30)12-10-19)25(34)18-32-24-8-6-5-7-23(24)26(35)27(32)36/h5-16H,4,17-18H2,1-3H3,(H,31,37). The molecule has 0 aromatic heterocycles. The second kappa shape index (κ2) is 10.8. The molecule has 1 heterocycles. The minimum absolute atomic E-state index is 0.0168. The van der Waals surface area contributed by atoms with Crippen molar-refractivity contribution in [1.82, 2.24) is 4.90 Å². The Labute approximate surface area is 220 Å². The molecule has 0 saturated carbocycles. The number of nitrogens with zero attached hydrogens (tertiary/aromatic N) is 2. The van der Waals surface area contributed by atoms with Crippen molar-refractivity contribution in [2.75, 3.05) is 23.9 Å². The third kappa shape index (κ3) is 5.13. The molecule has 3 aromatic rings. The Bertz CT molecular complexity index is 1370. The second-order valence-corrected chi connectivity index (χ2v) is 9.15. The maximum absolute atomic E-state index is 13.8. The van der Waals surface area contributed by atoms with Crippen LogP contribution in [0.3, 0.4) is 0 Å². The van der Waals surface area contributed by atoms with Gasteiger partial charge < -0.3 is 15.0 Å². The number of anilines is 2. The molecule has 4 rings (SSSR count). The summed E-state index contributed by atoms with van der Waals surface area (Å²) in [6.07, 6.45) is 0.241. The van der Waals surface area contributed by atoms with E-state index in [0.29, 0.717) is 22.7 Å². The van der Waals surface area contributed by atoms with Crippen molar-refractivity contribution < 1.29 is 28.3 Å². The molecule has 9 heteroatoms. The molecule has 1 aliphatic rings. The molecule has 0 radical (unpaired) electrons. The number of Topliss-reactive ketones (excluding diaryl/α,β-unsaturated/α-hetero) is 1. The van der Waals surface area contributed by atoms with Gasteiger partial charge >= 0.3 is 0 Å². The van der Waals surface area contributed by atoms with E-state index in [1.54, 1.807) is 56.3 Å². The van der Waals surface area contributed by atoms with Crippen LogP contribution in [0, 0.1) is 5.82 Å². The number of ether oxygens (including phenoxy) is 1. The fourth-order valence-electron chi connectivity index (χ4n) is 4.35. The van der Waals surface area contributed by atoms with E-state index < -0.39 is 41.4 Å². The molecule has 0 saturated heterocycles. The van der Waals surface area contributed by atoms with Crippen LogP contribution in [0.5, 0.6) is 5.75 Å². The number of methoxy groups -OCH3 is 1. The molecular formula is C29H28FN3O5. The molecule has 1 unspecified atom stereocenters. The lowest BCUT2D eigenvalue weighted by atomic mass is 9.93. The topological polar surface area (TPSA) is 96.0 Å². The van der Waals surface area contributed by atoms with Gasteiger partial charge in [-0.1, -0.05) is 31.2 Å². The lowest BCUT2D eigenvalue weighted by molar-refractivity contribution is -0.145. The minimum atomic E-state index is -1.35. The summed E-state index contributed by atoms with van der Waals surface area (Å²) in [5.74, 6) is -2.28. The van der Waals surface area contributed by atoms with Gasteiger partial charge in [0, 0.05) is 12.2 Å². The molecule has 1 atom stereocenters. The Morgan fingerprint density at radius 2 is 1.66 bits per heavy atom. The zero-order valence-corrected chi connectivity index (χ0v) is 21.4. The van der Waals surface area contributed by atoms with E-state index in [1.165, 1.54) is 42.3 Å². The first-order valence-corrected chi connectivity index (χ1v) is 12.1. The van der Waals surface area contributed by atoms with Crippen molar-refractivity contribution in [2.45, 2.75) is 32.4 Å². The minimum Gasteiger partial charge on any atom is -0.497 e. The molecule has 38 heavy (non-hydrogen) atoms. The highest BCUT2D eigenvalue weighted by Gasteiger charge is 2.43. The zero-order chi connectivity index (χ0) is 27.4. The average Bonchev–Trinajstić information content (AvgIpc) is 3.17. The molecule has 3 aromatic carbocycles. The van der Waals surface area contributed by atoms with Crippen LogP contribution >= 0.6 is 0 Å². The first kappa shape index (κ1) is 26.5. The largest absolute Gasteiger partial charge is 0.497 e. The highest BCUT2D eigenvalue weighted by molar-refractivity contribution is 6.52. The van der Waals surface area contributed by atoms with E-state index in [-0.39, 0.29) is 18.5 Å². The Kier molecular flexibility index (Phi) is 7.57. The van der Waals surface area contributed by atoms with Crippen LogP contribution in [0.4, 0.5) is 15.8 Å². The third-order valence-corrected chi connectivity index (χ3v) is 6.85. The van der Waals surface area contributed by atoms with Crippen LogP contribution in [0.15, 0.2) is 72.8 Å². The van der Waals surface area contributed by atoms with Gasteiger partial charge in [-0.3, -0.25) is 24.1 Å². The molecule has 0 fully saturated rings. The normalized spacial score (nSPS) is 14.1. The highest BCUT2D eigenvalue weighted by Crippen LogP contribution is 2.30. The number of hydrogen-bond donors (Lipinski definition) is 1. The molecule has 1 aliphatic heterocycles. The molecule has 196 valence electrons. The van der Waals surface area contributed by atoms with Gasteiger partial charge in [0.15, 0.2) is 0 Å². The van der Waals surface area contributed by atoms with Crippen LogP contribution in [-0.4, -0.2) is 47.6 Å². The van der Waals surface area contributed by atoms with Crippen molar-refractivity contribution in [3.63, 3.8) is 0 Å². The van der Waals surface area contributed by atoms with E-state index >= 15 is 0 Å². The van der Waals surface area contributed by atoms with Crippen LogP contribution in [-0.2, 0) is 20.9 Å². The number of rotatable bonds is 9. The number of benzene rings is 3. The zero-order valence-electron chi connectivity index (χ0n) is 21.4. The van der Waals surface area contributed by atoms with Gasteiger partial charge in [0.05, 0.1) is 18.4 Å². The summed E-state index contributed by atoms with van der Waals surface area (Å²) in [4.78, 5) is 55.2. The number of fused-ring (bicyclic) bond motifs is 1. The molecule has 0 spiro atoms. The fraction of sp³-hybridized carbons (Fsp3) is 0.241. The Balaban J connectivity index is 1.66. The number of para-hydroxylation sites is 1. The molecule has 0 aliphatic carbocycles. The van der Waals surface area contributed by atoms with Crippen molar-refractivity contribution in [3.05, 3.63) is 89.7 Å². The predicted octanol–water partition coefficient (Wildman–Crippen LogP) is 4.20. The van der Waals surface area contributed by atoms with Crippen LogP contribution in [0.2, 0.25) is 0 Å². The number of carbonyl (C=O) groups is 4. The maximum Gasteiger partial charge on any atom is 0.299 e. The monoisotopic (exact) mass is 517 g/mol. The van der Waals surface area contributed by atoms with Crippen molar-refractivity contribution in [1.29, 1.82) is 0 Å². The summed E-state index contributed by atoms with van der Waals surface area (Å²) in [7, 11) is 1.54. The Morgan fingerprint density at radius 3 is 2.29 bits per heavy atom. The Hall–Kier alpha value is -4.53. The summed E-state index contributed by atoms with van der Waals surface area (Å²) >= 11 is 0. The van der Waals surface area contributed by atoms with Gasteiger partial charge in [-0.25, -0.2) is 4.39 Å². The number of amides is 3. The summed E-state index contributed by atoms with van der Waals surface area (Å²) < 4.78 is 18.7. The van der Waals surface area contributed by atoms with E-state index in [9.17, 15) is 23.6 Å². The Morgan fingerprint density at radius 1 is 1.00 bits per heavy atom. The van der Waals surface area contributed by atoms with E-state index in [2.05, 4.69) is 5.32 Å². The summed E-state index contributed by atoms with van der Waals surface area (Å²) in [6, 6.07) is 18.9. The number of carbonyl (C=O) groups excluding carboxylic acids is 4.